The van der Waals surface area contributed by atoms with Gasteiger partial charge in [0.2, 0.25) is 11.8 Å². The van der Waals surface area contributed by atoms with Gasteiger partial charge in [-0.15, -0.1) is 0 Å². The number of hydrogen-bond acceptors (Lipinski definition) is 3. The largest absolute Gasteiger partial charge is 0.339 e. The second-order valence-electron chi connectivity index (χ2n) is 4.96. The van der Waals surface area contributed by atoms with Crippen LogP contribution in [-0.4, -0.2) is 39.5 Å². The average Bonchev–Trinajstić information content (AvgIpc) is 2.86. The number of anilines is 1. The lowest BCUT2D eigenvalue weighted by Gasteiger charge is -2.20. The Labute approximate surface area is 106 Å². The number of carbonyl (C=O) groups excluding carboxylic acids is 2. The first kappa shape index (κ1) is 12.6. The molecule has 0 aromatic carbocycles. The van der Waals surface area contributed by atoms with Crippen molar-refractivity contribution in [2.75, 3.05) is 11.9 Å². The smallest absolute Gasteiger partial charge is 0.230 e. The number of carbonyl (C=O) groups is 2. The summed E-state index contributed by atoms with van der Waals surface area (Å²) in [6.45, 7) is 6.27. The summed E-state index contributed by atoms with van der Waals surface area (Å²) in [5, 5.41) is 9.34. The van der Waals surface area contributed by atoms with Crippen LogP contribution < -0.4 is 5.32 Å². The number of likely N-dealkylation sites (tertiary alicyclic amines) is 1. The fourth-order valence-electron chi connectivity index (χ4n) is 2.10. The molecule has 18 heavy (non-hydrogen) atoms. The van der Waals surface area contributed by atoms with E-state index in [1.165, 1.54) is 0 Å². The topological polar surface area (TPSA) is 78.1 Å². The number of nitrogens with zero attached hydrogens (tertiary/aromatic N) is 2. The maximum Gasteiger partial charge on any atom is 0.230 e. The third kappa shape index (κ3) is 2.37. The summed E-state index contributed by atoms with van der Waals surface area (Å²) < 4.78 is 0. The van der Waals surface area contributed by atoms with Crippen LogP contribution in [-0.2, 0) is 9.59 Å². The number of aromatic nitrogens is 2. The van der Waals surface area contributed by atoms with Crippen molar-refractivity contribution in [1.29, 1.82) is 0 Å². The maximum atomic E-state index is 12.0. The van der Waals surface area contributed by atoms with Gasteiger partial charge in [0.05, 0.1) is 12.1 Å². The Hall–Kier alpha value is -1.85. The highest BCUT2D eigenvalue weighted by Crippen LogP contribution is 2.21. The van der Waals surface area contributed by atoms with Gasteiger partial charge >= 0.3 is 0 Å². The molecule has 1 unspecified atom stereocenters. The average molecular weight is 250 g/mol. The zero-order valence-corrected chi connectivity index (χ0v) is 10.9. The SMILES string of the molecule is Cc1cn[nH]c1NC(=O)C1CC(=O)N(C(C)C)C1. The Bertz CT molecular complexity index is 466. The van der Waals surface area contributed by atoms with Gasteiger partial charge < -0.3 is 10.2 Å². The van der Waals surface area contributed by atoms with Crippen molar-refractivity contribution in [2.24, 2.45) is 5.92 Å². The molecule has 1 aliphatic rings. The second kappa shape index (κ2) is 4.80. The highest BCUT2D eigenvalue weighted by atomic mass is 16.2. The Morgan fingerprint density at radius 3 is 2.83 bits per heavy atom. The fourth-order valence-corrected chi connectivity index (χ4v) is 2.10. The third-order valence-electron chi connectivity index (χ3n) is 3.23. The molecule has 0 saturated carbocycles. The van der Waals surface area contributed by atoms with Gasteiger partial charge in [0.15, 0.2) is 0 Å². The van der Waals surface area contributed by atoms with Crippen LogP contribution in [0.5, 0.6) is 0 Å². The lowest BCUT2D eigenvalue weighted by Crippen LogP contribution is -2.33. The number of H-pyrrole nitrogens is 1. The summed E-state index contributed by atoms with van der Waals surface area (Å²) in [5.41, 5.74) is 0.883. The van der Waals surface area contributed by atoms with Crippen LogP contribution in [0.1, 0.15) is 25.8 Å². The molecule has 1 fully saturated rings. The van der Waals surface area contributed by atoms with E-state index < -0.39 is 0 Å². The molecule has 1 atom stereocenters. The predicted octanol–water partition coefficient (Wildman–Crippen LogP) is 0.914. The van der Waals surface area contributed by atoms with Gasteiger partial charge in [-0.3, -0.25) is 14.7 Å². The van der Waals surface area contributed by atoms with Crippen molar-refractivity contribution in [3.05, 3.63) is 11.8 Å². The Kier molecular flexibility index (Phi) is 3.36. The van der Waals surface area contributed by atoms with Gasteiger partial charge in [0.1, 0.15) is 5.82 Å². The van der Waals surface area contributed by atoms with E-state index in [0.717, 1.165) is 5.56 Å². The highest BCUT2D eigenvalue weighted by molar-refractivity contribution is 5.97. The molecule has 6 nitrogen and oxygen atoms in total. The van der Waals surface area contributed by atoms with Gasteiger partial charge in [-0.05, 0) is 20.8 Å². The van der Waals surface area contributed by atoms with Crippen LogP contribution >= 0.6 is 0 Å². The molecule has 0 bridgehead atoms. The standard InChI is InChI=1S/C12H18N4O2/c1-7(2)16-6-9(4-10(16)17)12(18)14-11-8(3)5-13-15-11/h5,7,9H,4,6H2,1-3H3,(H2,13,14,15,18). The molecular weight excluding hydrogens is 232 g/mol. The van der Waals surface area contributed by atoms with Gasteiger partial charge in [-0.25, -0.2) is 0 Å². The van der Waals surface area contributed by atoms with Crippen LogP contribution in [0.25, 0.3) is 0 Å². The summed E-state index contributed by atoms with van der Waals surface area (Å²) in [5.74, 6) is 0.253. The number of nitrogens with one attached hydrogen (secondary N) is 2. The molecule has 0 spiro atoms. The lowest BCUT2D eigenvalue weighted by molar-refractivity contribution is -0.129. The number of amides is 2. The molecule has 6 heteroatoms. The van der Waals surface area contributed by atoms with Crippen LogP contribution in [0.15, 0.2) is 6.20 Å². The number of aromatic amines is 1. The van der Waals surface area contributed by atoms with Gasteiger partial charge in [-0.1, -0.05) is 0 Å². The maximum absolute atomic E-state index is 12.0. The minimum absolute atomic E-state index is 0.0477. The molecule has 0 radical (unpaired) electrons. The first-order chi connectivity index (χ1) is 8.49. The monoisotopic (exact) mass is 250 g/mol. The summed E-state index contributed by atoms with van der Waals surface area (Å²) in [7, 11) is 0. The molecule has 1 aliphatic heterocycles. The van der Waals surface area contributed by atoms with Crippen LogP contribution in [0.4, 0.5) is 5.82 Å². The zero-order chi connectivity index (χ0) is 13.3. The minimum atomic E-state index is -0.275. The van der Waals surface area contributed by atoms with E-state index in [9.17, 15) is 9.59 Å². The van der Waals surface area contributed by atoms with Crippen molar-refractivity contribution in [3.63, 3.8) is 0 Å². The van der Waals surface area contributed by atoms with E-state index in [2.05, 4.69) is 15.5 Å². The van der Waals surface area contributed by atoms with Crippen LogP contribution in [0.2, 0.25) is 0 Å². The Morgan fingerprint density at radius 2 is 2.33 bits per heavy atom. The van der Waals surface area contributed by atoms with Crippen molar-refractivity contribution >= 4 is 17.6 Å². The lowest BCUT2D eigenvalue weighted by atomic mass is 10.1. The fraction of sp³-hybridized carbons (Fsp3) is 0.583. The Morgan fingerprint density at radius 1 is 1.61 bits per heavy atom. The van der Waals surface area contributed by atoms with Gasteiger partial charge in [0, 0.05) is 24.6 Å². The van der Waals surface area contributed by atoms with E-state index in [1.807, 2.05) is 20.8 Å². The molecule has 1 aromatic heterocycles. The molecule has 2 amide bonds. The van der Waals surface area contributed by atoms with Crippen LogP contribution in [0, 0.1) is 12.8 Å². The van der Waals surface area contributed by atoms with E-state index >= 15 is 0 Å². The molecule has 98 valence electrons. The molecule has 2 heterocycles. The van der Waals surface area contributed by atoms with E-state index in [4.69, 9.17) is 0 Å². The summed E-state index contributed by atoms with van der Waals surface area (Å²) in [6, 6.07) is 0.143. The van der Waals surface area contributed by atoms with E-state index in [-0.39, 0.29) is 30.2 Å². The zero-order valence-electron chi connectivity index (χ0n) is 10.9. The number of aryl methyl sites for hydroxylation is 1. The minimum Gasteiger partial charge on any atom is -0.339 e. The molecule has 2 rings (SSSR count). The van der Waals surface area contributed by atoms with E-state index in [1.54, 1.807) is 11.1 Å². The summed E-state index contributed by atoms with van der Waals surface area (Å²) in [6.07, 6.45) is 1.94. The van der Waals surface area contributed by atoms with Crippen molar-refractivity contribution in [2.45, 2.75) is 33.2 Å². The third-order valence-corrected chi connectivity index (χ3v) is 3.23. The van der Waals surface area contributed by atoms with Crippen molar-refractivity contribution < 1.29 is 9.59 Å². The summed E-state index contributed by atoms with van der Waals surface area (Å²) in [4.78, 5) is 25.5. The first-order valence-electron chi connectivity index (χ1n) is 6.09. The molecule has 1 saturated heterocycles. The molecule has 1 aromatic rings. The number of rotatable bonds is 3. The summed E-state index contributed by atoms with van der Waals surface area (Å²) >= 11 is 0. The van der Waals surface area contributed by atoms with Crippen LogP contribution in [0.3, 0.4) is 0 Å². The van der Waals surface area contributed by atoms with Gasteiger partial charge in [-0.2, -0.15) is 5.10 Å². The Balaban J connectivity index is 1.99. The second-order valence-corrected chi connectivity index (χ2v) is 4.96. The number of hydrogen-bond donors (Lipinski definition) is 2. The predicted molar refractivity (Wildman–Crippen MR) is 66.9 cm³/mol. The van der Waals surface area contributed by atoms with E-state index in [0.29, 0.717) is 12.4 Å². The molecule has 0 aliphatic carbocycles. The normalized spacial score (nSPS) is 19.7. The molecular formula is C12H18N4O2. The highest BCUT2D eigenvalue weighted by Gasteiger charge is 2.35. The quantitative estimate of drug-likeness (QED) is 0.837. The van der Waals surface area contributed by atoms with Crippen molar-refractivity contribution in [3.8, 4) is 0 Å². The molecule has 2 N–H and O–H groups in total. The first-order valence-corrected chi connectivity index (χ1v) is 6.09. The van der Waals surface area contributed by atoms with Crippen molar-refractivity contribution in [1.82, 2.24) is 15.1 Å². The van der Waals surface area contributed by atoms with Gasteiger partial charge in [0.25, 0.3) is 0 Å².